The maximum atomic E-state index is 5.74. The van der Waals surface area contributed by atoms with Crippen LogP contribution in [0.5, 0.6) is 0 Å². The van der Waals surface area contributed by atoms with E-state index < -0.39 is 0 Å². The van der Waals surface area contributed by atoms with Gasteiger partial charge in [0.15, 0.2) is 11.5 Å². The SMILES string of the molecule is Cc1cscc1C(Br)Cc1nc2ccccc2o1. The zero-order valence-electron chi connectivity index (χ0n) is 9.89. The fourth-order valence-corrected chi connectivity index (χ4v) is 3.81. The number of aryl methyl sites for hydroxylation is 1. The number of oxazole rings is 1. The molecular weight excluding hydrogens is 310 g/mol. The molecule has 0 bridgehead atoms. The largest absolute Gasteiger partial charge is 0.441 e. The molecule has 3 aromatic rings. The second-order valence-electron chi connectivity index (χ2n) is 4.26. The molecule has 0 aliphatic rings. The zero-order valence-corrected chi connectivity index (χ0v) is 12.3. The molecule has 4 heteroatoms. The number of thiophene rings is 1. The molecule has 0 saturated carbocycles. The van der Waals surface area contributed by atoms with Crippen molar-refractivity contribution in [3.05, 3.63) is 52.0 Å². The first-order valence-electron chi connectivity index (χ1n) is 5.75. The Morgan fingerprint density at radius 2 is 2.17 bits per heavy atom. The first kappa shape index (κ1) is 11.9. The highest BCUT2D eigenvalue weighted by Gasteiger charge is 2.15. The Balaban J connectivity index is 1.86. The molecule has 1 atom stereocenters. The lowest BCUT2D eigenvalue weighted by Gasteiger charge is -2.06. The van der Waals surface area contributed by atoms with Gasteiger partial charge in [-0.05, 0) is 40.9 Å². The summed E-state index contributed by atoms with van der Waals surface area (Å²) in [5.41, 5.74) is 4.42. The number of halogens is 1. The minimum atomic E-state index is 0.261. The molecule has 0 fully saturated rings. The van der Waals surface area contributed by atoms with Gasteiger partial charge in [0, 0.05) is 11.2 Å². The molecule has 0 N–H and O–H groups in total. The van der Waals surface area contributed by atoms with Crippen molar-refractivity contribution in [3.63, 3.8) is 0 Å². The van der Waals surface area contributed by atoms with Crippen LogP contribution in [0, 0.1) is 6.92 Å². The highest BCUT2D eigenvalue weighted by molar-refractivity contribution is 9.09. The van der Waals surface area contributed by atoms with Crippen LogP contribution < -0.4 is 0 Å². The number of nitrogens with zero attached hydrogens (tertiary/aromatic N) is 1. The van der Waals surface area contributed by atoms with E-state index in [9.17, 15) is 0 Å². The normalized spacial score (nSPS) is 13.0. The van der Waals surface area contributed by atoms with Crippen molar-refractivity contribution in [3.8, 4) is 0 Å². The number of alkyl halides is 1. The number of aromatic nitrogens is 1. The molecule has 0 saturated heterocycles. The van der Waals surface area contributed by atoms with Gasteiger partial charge in [0.05, 0.1) is 0 Å². The van der Waals surface area contributed by atoms with Gasteiger partial charge in [0.2, 0.25) is 0 Å². The summed E-state index contributed by atoms with van der Waals surface area (Å²) >= 11 is 5.45. The van der Waals surface area contributed by atoms with Gasteiger partial charge in [-0.3, -0.25) is 0 Å². The Morgan fingerprint density at radius 3 is 2.89 bits per heavy atom. The molecule has 2 aromatic heterocycles. The molecule has 0 radical (unpaired) electrons. The van der Waals surface area contributed by atoms with Crippen LogP contribution in [0.3, 0.4) is 0 Å². The molecule has 92 valence electrons. The lowest BCUT2D eigenvalue weighted by Crippen LogP contribution is -1.95. The minimum absolute atomic E-state index is 0.261. The lowest BCUT2D eigenvalue weighted by atomic mass is 10.1. The van der Waals surface area contributed by atoms with E-state index in [-0.39, 0.29) is 4.83 Å². The summed E-state index contributed by atoms with van der Waals surface area (Å²) in [4.78, 5) is 4.76. The van der Waals surface area contributed by atoms with Gasteiger partial charge < -0.3 is 4.42 Å². The Labute approximate surface area is 118 Å². The van der Waals surface area contributed by atoms with Gasteiger partial charge in [-0.2, -0.15) is 11.3 Å². The smallest absolute Gasteiger partial charge is 0.196 e. The molecule has 1 unspecified atom stereocenters. The van der Waals surface area contributed by atoms with Crippen LogP contribution in [-0.4, -0.2) is 4.98 Å². The quantitative estimate of drug-likeness (QED) is 0.643. The highest BCUT2D eigenvalue weighted by atomic mass is 79.9. The third-order valence-corrected chi connectivity index (χ3v) is 4.62. The first-order valence-corrected chi connectivity index (χ1v) is 7.61. The maximum absolute atomic E-state index is 5.74. The zero-order chi connectivity index (χ0) is 12.5. The highest BCUT2D eigenvalue weighted by Crippen LogP contribution is 2.32. The summed E-state index contributed by atoms with van der Waals surface area (Å²) < 4.78 is 5.74. The number of para-hydroxylation sites is 2. The predicted molar refractivity (Wildman–Crippen MR) is 78.4 cm³/mol. The van der Waals surface area contributed by atoms with Gasteiger partial charge in [-0.1, -0.05) is 28.1 Å². The summed E-state index contributed by atoms with van der Waals surface area (Å²) in [5, 5.41) is 4.34. The maximum Gasteiger partial charge on any atom is 0.196 e. The summed E-state index contributed by atoms with van der Waals surface area (Å²) in [6.45, 7) is 2.13. The van der Waals surface area contributed by atoms with Crippen molar-refractivity contribution >= 4 is 38.4 Å². The average molecular weight is 322 g/mol. The molecule has 0 spiro atoms. The predicted octanol–water partition coefficient (Wildman–Crippen LogP) is 4.88. The number of hydrogen-bond acceptors (Lipinski definition) is 3. The first-order chi connectivity index (χ1) is 8.74. The average Bonchev–Trinajstić information content (AvgIpc) is 2.94. The van der Waals surface area contributed by atoms with Gasteiger partial charge >= 0.3 is 0 Å². The van der Waals surface area contributed by atoms with E-state index in [1.54, 1.807) is 11.3 Å². The van der Waals surface area contributed by atoms with E-state index in [1.807, 2.05) is 24.3 Å². The van der Waals surface area contributed by atoms with Gasteiger partial charge in [0.25, 0.3) is 0 Å². The van der Waals surface area contributed by atoms with Crippen LogP contribution in [0.4, 0.5) is 0 Å². The summed E-state index contributed by atoms with van der Waals surface area (Å²) in [6.07, 6.45) is 0.770. The van der Waals surface area contributed by atoms with Crippen LogP contribution in [0.25, 0.3) is 11.1 Å². The van der Waals surface area contributed by atoms with Crippen molar-refractivity contribution in [2.24, 2.45) is 0 Å². The Hall–Kier alpha value is -1.13. The van der Waals surface area contributed by atoms with E-state index in [4.69, 9.17) is 4.42 Å². The van der Waals surface area contributed by atoms with Crippen molar-refractivity contribution in [2.45, 2.75) is 18.2 Å². The lowest BCUT2D eigenvalue weighted by molar-refractivity contribution is 0.527. The topological polar surface area (TPSA) is 26.0 Å². The Bertz CT molecular complexity index is 640. The summed E-state index contributed by atoms with van der Waals surface area (Å²) in [7, 11) is 0. The van der Waals surface area contributed by atoms with Crippen molar-refractivity contribution in [1.29, 1.82) is 0 Å². The van der Waals surface area contributed by atoms with Crippen LogP contribution in [0.15, 0.2) is 39.4 Å². The van der Waals surface area contributed by atoms with Crippen LogP contribution >= 0.6 is 27.3 Å². The standard InChI is InChI=1S/C14H12BrNOS/c1-9-7-18-8-10(9)11(15)6-14-16-12-4-2-3-5-13(12)17-14/h2-5,7-8,11H,6H2,1H3. The molecule has 0 aliphatic heterocycles. The molecule has 0 aliphatic carbocycles. The molecule has 1 aromatic carbocycles. The second-order valence-corrected chi connectivity index (χ2v) is 6.11. The van der Waals surface area contributed by atoms with Crippen LogP contribution in [0.2, 0.25) is 0 Å². The fourth-order valence-electron chi connectivity index (χ4n) is 1.96. The van der Waals surface area contributed by atoms with Crippen LogP contribution in [-0.2, 0) is 6.42 Å². The molecule has 2 heterocycles. The van der Waals surface area contributed by atoms with E-state index in [2.05, 4.69) is 38.6 Å². The number of benzene rings is 1. The monoisotopic (exact) mass is 321 g/mol. The Kier molecular flexibility index (Phi) is 3.22. The summed E-state index contributed by atoms with van der Waals surface area (Å²) in [5.74, 6) is 0.781. The fraction of sp³-hybridized carbons (Fsp3) is 0.214. The molecule has 0 amide bonds. The third kappa shape index (κ3) is 2.22. The molecule has 3 rings (SSSR count). The van der Waals surface area contributed by atoms with Gasteiger partial charge in [-0.15, -0.1) is 0 Å². The van der Waals surface area contributed by atoms with E-state index in [0.29, 0.717) is 0 Å². The number of fused-ring (bicyclic) bond motifs is 1. The number of hydrogen-bond donors (Lipinski definition) is 0. The Morgan fingerprint density at radius 1 is 1.33 bits per heavy atom. The molecule has 2 nitrogen and oxygen atoms in total. The van der Waals surface area contributed by atoms with E-state index >= 15 is 0 Å². The third-order valence-electron chi connectivity index (χ3n) is 2.92. The van der Waals surface area contributed by atoms with Crippen molar-refractivity contribution in [1.82, 2.24) is 4.98 Å². The van der Waals surface area contributed by atoms with E-state index in [0.717, 1.165) is 23.4 Å². The second kappa shape index (κ2) is 4.86. The summed E-state index contributed by atoms with van der Waals surface area (Å²) in [6, 6.07) is 7.86. The van der Waals surface area contributed by atoms with E-state index in [1.165, 1.54) is 11.1 Å². The van der Waals surface area contributed by atoms with Crippen molar-refractivity contribution in [2.75, 3.05) is 0 Å². The molecule has 18 heavy (non-hydrogen) atoms. The number of rotatable bonds is 3. The molecular formula is C14H12BrNOS. The van der Waals surface area contributed by atoms with Gasteiger partial charge in [-0.25, -0.2) is 4.98 Å². The van der Waals surface area contributed by atoms with Gasteiger partial charge in [0.1, 0.15) is 5.52 Å². The van der Waals surface area contributed by atoms with Crippen LogP contribution in [0.1, 0.15) is 21.8 Å². The van der Waals surface area contributed by atoms with Crippen molar-refractivity contribution < 1.29 is 4.42 Å². The minimum Gasteiger partial charge on any atom is -0.441 e.